The van der Waals surface area contributed by atoms with E-state index in [-0.39, 0.29) is 0 Å². The molecule has 1 N–H and O–H groups in total. The highest BCUT2D eigenvalue weighted by Gasteiger charge is 2.10. The number of fused-ring (bicyclic) bond motifs is 1. The van der Waals surface area contributed by atoms with Gasteiger partial charge < -0.3 is 14.8 Å². The van der Waals surface area contributed by atoms with Crippen molar-refractivity contribution in [2.75, 3.05) is 18.5 Å². The fraction of sp³-hybridized carbons (Fsp3) is 0.267. The topological polar surface area (TPSA) is 43.4 Å². The van der Waals surface area contributed by atoms with Crippen LogP contribution in [0.25, 0.3) is 0 Å². The second-order valence-electron chi connectivity index (χ2n) is 4.55. The van der Waals surface area contributed by atoms with Gasteiger partial charge in [0.15, 0.2) is 11.5 Å². The van der Waals surface area contributed by atoms with E-state index in [1.54, 1.807) is 6.20 Å². The zero-order valence-electron chi connectivity index (χ0n) is 10.9. The predicted molar refractivity (Wildman–Crippen MR) is 81.3 cm³/mol. The Hall–Kier alpha value is -1.75. The molecule has 0 unspecified atom stereocenters. The van der Waals surface area contributed by atoms with Crippen molar-refractivity contribution < 1.29 is 9.47 Å². The normalized spacial score (nSPS) is 13.7. The maximum atomic E-state index is 5.69. The SMILES string of the molecule is Brc1ccc(NCc2ccc3c(c2)OCCCO3)cn1. The van der Waals surface area contributed by atoms with Crippen LogP contribution < -0.4 is 14.8 Å². The average molecular weight is 335 g/mol. The van der Waals surface area contributed by atoms with E-state index in [0.717, 1.165) is 46.9 Å². The van der Waals surface area contributed by atoms with Gasteiger partial charge in [-0.25, -0.2) is 4.98 Å². The average Bonchev–Trinajstić information content (AvgIpc) is 2.71. The number of ether oxygens (including phenoxy) is 2. The number of nitrogens with zero attached hydrogens (tertiary/aromatic N) is 1. The van der Waals surface area contributed by atoms with E-state index < -0.39 is 0 Å². The predicted octanol–water partition coefficient (Wildman–Crippen LogP) is 3.62. The molecule has 1 aromatic heterocycles. The van der Waals surface area contributed by atoms with Crippen molar-refractivity contribution in [1.82, 2.24) is 4.98 Å². The van der Waals surface area contributed by atoms with Gasteiger partial charge >= 0.3 is 0 Å². The standard InChI is InChI=1S/C15H15BrN2O2/c16-15-5-3-12(10-18-15)17-9-11-2-4-13-14(8-11)20-7-1-6-19-13/h2-5,8,10,17H,1,6-7,9H2. The molecule has 0 radical (unpaired) electrons. The van der Waals surface area contributed by atoms with Crippen molar-refractivity contribution in [1.29, 1.82) is 0 Å². The first-order chi connectivity index (χ1) is 9.81. The van der Waals surface area contributed by atoms with E-state index in [2.05, 4.69) is 26.2 Å². The number of nitrogens with one attached hydrogen (secondary N) is 1. The van der Waals surface area contributed by atoms with Crippen molar-refractivity contribution in [3.05, 3.63) is 46.7 Å². The van der Waals surface area contributed by atoms with Gasteiger partial charge in [0.25, 0.3) is 0 Å². The lowest BCUT2D eigenvalue weighted by Crippen LogP contribution is -2.01. The van der Waals surface area contributed by atoms with Crippen LogP contribution in [0.3, 0.4) is 0 Å². The Bertz CT molecular complexity index is 587. The van der Waals surface area contributed by atoms with E-state index >= 15 is 0 Å². The molecule has 20 heavy (non-hydrogen) atoms. The maximum absolute atomic E-state index is 5.69. The smallest absolute Gasteiger partial charge is 0.161 e. The maximum Gasteiger partial charge on any atom is 0.161 e. The Morgan fingerprint density at radius 1 is 1.10 bits per heavy atom. The third kappa shape index (κ3) is 3.22. The van der Waals surface area contributed by atoms with Gasteiger partial charge in [0.1, 0.15) is 4.60 Å². The highest BCUT2D eigenvalue weighted by molar-refractivity contribution is 9.10. The number of pyridine rings is 1. The summed E-state index contributed by atoms with van der Waals surface area (Å²) in [6.45, 7) is 2.15. The molecule has 0 atom stereocenters. The van der Waals surface area contributed by atoms with Crippen molar-refractivity contribution in [2.45, 2.75) is 13.0 Å². The van der Waals surface area contributed by atoms with Crippen molar-refractivity contribution in [3.8, 4) is 11.5 Å². The number of anilines is 1. The van der Waals surface area contributed by atoms with Gasteiger partial charge in [-0.1, -0.05) is 6.07 Å². The lowest BCUT2D eigenvalue weighted by Gasteiger charge is -2.10. The van der Waals surface area contributed by atoms with Gasteiger partial charge in [-0.2, -0.15) is 0 Å². The van der Waals surface area contributed by atoms with Gasteiger partial charge in [-0.15, -0.1) is 0 Å². The third-order valence-electron chi connectivity index (χ3n) is 3.04. The quantitative estimate of drug-likeness (QED) is 0.870. The lowest BCUT2D eigenvalue weighted by molar-refractivity contribution is 0.297. The Kier molecular flexibility index (Phi) is 4.06. The minimum absolute atomic E-state index is 0.709. The molecular formula is C15H15BrN2O2. The summed E-state index contributed by atoms with van der Waals surface area (Å²) in [5, 5.41) is 3.33. The van der Waals surface area contributed by atoms with Crippen molar-refractivity contribution in [3.63, 3.8) is 0 Å². The van der Waals surface area contributed by atoms with E-state index in [0.29, 0.717) is 6.61 Å². The summed E-state index contributed by atoms with van der Waals surface area (Å²) in [5.74, 6) is 1.66. The van der Waals surface area contributed by atoms with E-state index in [1.807, 2.05) is 30.3 Å². The van der Waals surface area contributed by atoms with Crippen molar-refractivity contribution >= 4 is 21.6 Å². The van der Waals surface area contributed by atoms with Gasteiger partial charge in [-0.3, -0.25) is 0 Å². The zero-order valence-corrected chi connectivity index (χ0v) is 12.5. The Morgan fingerprint density at radius 2 is 1.95 bits per heavy atom. The van der Waals surface area contributed by atoms with E-state index in [9.17, 15) is 0 Å². The summed E-state index contributed by atoms with van der Waals surface area (Å²) in [6, 6.07) is 9.95. The molecule has 0 saturated heterocycles. The summed E-state index contributed by atoms with van der Waals surface area (Å²) in [4.78, 5) is 4.18. The molecule has 1 aromatic carbocycles. The first-order valence-electron chi connectivity index (χ1n) is 6.55. The van der Waals surface area contributed by atoms with Gasteiger partial charge in [0, 0.05) is 13.0 Å². The minimum Gasteiger partial charge on any atom is -0.490 e. The molecule has 0 amide bonds. The second-order valence-corrected chi connectivity index (χ2v) is 5.37. The fourth-order valence-electron chi connectivity index (χ4n) is 2.00. The van der Waals surface area contributed by atoms with Crippen LogP contribution in [0.2, 0.25) is 0 Å². The summed E-state index contributed by atoms with van der Waals surface area (Å²) in [5.41, 5.74) is 2.14. The molecule has 104 valence electrons. The molecule has 2 aromatic rings. The molecule has 0 fully saturated rings. The molecule has 5 heteroatoms. The first kappa shape index (κ1) is 13.2. The third-order valence-corrected chi connectivity index (χ3v) is 3.51. The number of hydrogen-bond acceptors (Lipinski definition) is 4. The fourth-order valence-corrected chi connectivity index (χ4v) is 2.24. The van der Waals surface area contributed by atoms with E-state index in [4.69, 9.17) is 9.47 Å². The number of aromatic nitrogens is 1. The summed E-state index contributed by atoms with van der Waals surface area (Å²) < 4.78 is 12.1. The monoisotopic (exact) mass is 334 g/mol. The summed E-state index contributed by atoms with van der Waals surface area (Å²) in [6.07, 6.45) is 2.72. The van der Waals surface area contributed by atoms with Crippen LogP contribution in [-0.4, -0.2) is 18.2 Å². The highest BCUT2D eigenvalue weighted by Crippen LogP contribution is 2.30. The molecule has 3 rings (SSSR count). The Morgan fingerprint density at radius 3 is 2.75 bits per heavy atom. The largest absolute Gasteiger partial charge is 0.490 e. The van der Waals surface area contributed by atoms with Crippen LogP contribution in [0.15, 0.2) is 41.1 Å². The van der Waals surface area contributed by atoms with E-state index in [1.165, 1.54) is 0 Å². The number of halogens is 1. The van der Waals surface area contributed by atoms with Gasteiger partial charge in [-0.05, 0) is 45.8 Å². The first-order valence-corrected chi connectivity index (χ1v) is 7.34. The van der Waals surface area contributed by atoms with Crippen LogP contribution in [0.4, 0.5) is 5.69 Å². The molecule has 0 saturated carbocycles. The van der Waals surface area contributed by atoms with Crippen LogP contribution in [0.1, 0.15) is 12.0 Å². The number of rotatable bonds is 3. The van der Waals surface area contributed by atoms with Crippen LogP contribution in [0.5, 0.6) is 11.5 Å². The molecule has 0 aliphatic carbocycles. The molecule has 1 aliphatic rings. The van der Waals surface area contributed by atoms with Gasteiger partial charge in [0.05, 0.1) is 25.1 Å². The molecule has 1 aliphatic heterocycles. The highest BCUT2D eigenvalue weighted by atomic mass is 79.9. The Labute approximate surface area is 126 Å². The van der Waals surface area contributed by atoms with Gasteiger partial charge in [0.2, 0.25) is 0 Å². The van der Waals surface area contributed by atoms with Crippen LogP contribution >= 0.6 is 15.9 Å². The second kappa shape index (κ2) is 6.13. The Balaban J connectivity index is 1.68. The molecule has 0 bridgehead atoms. The molecule has 4 nitrogen and oxygen atoms in total. The molecular weight excluding hydrogens is 320 g/mol. The van der Waals surface area contributed by atoms with Crippen LogP contribution in [0, 0.1) is 0 Å². The zero-order chi connectivity index (χ0) is 13.8. The summed E-state index contributed by atoms with van der Waals surface area (Å²) in [7, 11) is 0. The summed E-state index contributed by atoms with van der Waals surface area (Å²) >= 11 is 3.32. The number of benzene rings is 1. The lowest BCUT2D eigenvalue weighted by atomic mass is 10.2. The molecule has 0 spiro atoms. The minimum atomic E-state index is 0.709. The number of hydrogen-bond donors (Lipinski definition) is 1. The molecule has 2 heterocycles. The van der Waals surface area contributed by atoms with Crippen molar-refractivity contribution in [2.24, 2.45) is 0 Å². The van der Waals surface area contributed by atoms with Crippen LogP contribution in [-0.2, 0) is 6.54 Å².